The van der Waals surface area contributed by atoms with Crippen molar-refractivity contribution in [2.45, 2.75) is 13.8 Å². The quantitative estimate of drug-likeness (QED) is 0.772. The Balaban J connectivity index is 2.36. The van der Waals surface area contributed by atoms with Gasteiger partial charge in [-0.25, -0.2) is 0 Å². The van der Waals surface area contributed by atoms with Gasteiger partial charge in [-0.05, 0) is 38.1 Å². The Labute approximate surface area is 106 Å². The second-order valence-corrected chi connectivity index (χ2v) is 3.95. The normalized spacial score (nSPS) is 10.1. The number of ketones is 1. The molecule has 1 aromatic carbocycles. The Bertz CT molecular complexity index is 547. The van der Waals surface area contributed by atoms with Crippen LogP contribution >= 0.6 is 0 Å². The van der Waals surface area contributed by atoms with E-state index in [1.807, 2.05) is 32.0 Å². The summed E-state index contributed by atoms with van der Waals surface area (Å²) in [6, 6.07) is 10.9. The summed E-state index contributed by atoms with van der Waals surface area (Å²) < 4.78 is 5.46. The third kappa shape index (κ3) is 2.56. The van der Waals surface area contributed by atoms with Gasteiger partial charge in [0.1, 0.15) is 5.75 Å². The number of carbonyl (C=O) groups excluding carboxylic acids is 1. The zero-order valence-corrected chi connectivity index (χ0v) is 10.5. The molecule has 1 heterocycles. The van der Waals surface area contributed by atoms with Crippen molar-refractivity contribution in [3.8, 4) is 5.75 Å². The van der Waals surface area contributed by atoms with Crippen LogP contribution in [0.2, 0.25) is 0 Å². The van der Waals surface area contributed by atoms with E-state index in [2.05, 4.69) is 4.98 Å². The van der Waals surface area contributed by atoms with Gasteiger partial charge in [0.2, 0.25) is 0 Å². The standard InChI is InChI=1S/C15H15NO2/c1-3-18-14-7-5-4-6-13(14)15(17)12-9-8-11(2)16-10-12/h4-10H,3H2,1-2H3. The predicted octanol–water partition coefficient (Wildman–Crippen LogP) is 3.02. The molecule has 0 amide bonds. The van der Waals surface area contributed by atoms with Crippen LogP contribution in [0.3, 0.4) is 0 Å². The summed E-state index contributed by atoms with van der Waals surface area (Å²) in [6.45, 7) is 4.33. The van der Waals surface area contributed by atoms with Crippen molar-refractivity contribution in [3.63, 3.8) is 0 Å². The van der Waals surface area contributed by atoms with E-state index in [-0.39, 0.29) is 5.78 Å². The molecule has 0 aliphatic rings. The summed E-state index contributed by atoms with van der Waals surface area (Å²) in [5, 5.41) is 0. The fourth-order valence-corrected chi connectivity index (χ4v) is 1.69. The van der Waals surface area contributed by atoms with Crippen molar-refractivity contribution in [1.29, 1.82) is 0 Å². The molecule has 0 aliphatic carbocycles. The summed E-state index contributed by atoms with van der Waals surface area (Å²) in [6.07, 6.45) is 1.60. The Hall–Kier alpha value is -2.16. The van der Waals surface area contributed by atoms with Gasteiger partial charge in [-0.3, -0.25) is 9.78 Å². The SMILES string of the molecule is CCOc1ccccc1C(=O)c1ccc(C)nc1. The van der Waals surface area contributed by atoms with Crippen molar-refractivity contribution in [1.82, 2.24) is 4.98 Å². The predicted molar refractivity (Wildman–Crippen MR) is 70.0 cm³/mol. The van der Waals surface area contributed by atoms with Crippen LogP contribution in [0, 0.1) is 6.92 Å². The molecule has 0 N–H and O–H groups in total. The van der Waals surface area contributed by atoms with Crippen molar-refractivity contribution in [2.24, 2.45) is 0 Å². The van der Waals surface area contributed by atoms with Gasteiger partial charge in [-0.2, -0.15) is 0 Å². The van der Waals surface area contributed by atoms with E-state index in [9.17, 15) is 4.79 Å². The topological polar surface area (TPSA) is 39.2 Å². The highest BCUT2D eigenvalue weighted by Gasteiger charge is 2.14. The Kier molecular flexibility index (Phi) is 3.72. The van der Waals surface area contributed by atoms with E-state index in [1.54, 1.807) is 24.4 Å². The molecule has 0 saturated heterocycles. The molecule has 2 aromatic rings. The van der Waals surface area contributed by atoms with Crippen molar-refractivity contribution >= 4 is 5.78 Å². The van der Waals surface area contributed by atoms with Gasteiger partial charge in [-0.15, -0.1) is 0 Å². The summed E-state index contributed by atoms with van der Waals surface area (Å²) in [5.74, 6) is 0.553. The minimum Gasteiger partial charge on any atom is -0.493 e. The number of hydrogen-bond donors (Lipinski definition) is 0. The third-order valence-corrected chi connectivity index (χ3v) is 2.61. The first kappa shape index (κ1) is 12.3. The zero-order valence-electron chi connectivity index (χ0n) is 10.5. The maximum absolute atomic E-state index is 12.3. The summed E-state index contributed by atoms with van der Waals surface area (Å²) in [4.78, 5) is 16.5. The van der Waals surface area contributed by atoms with E-state index in [0.717, 1.165) is 5.69 Å². The number of aryl methyl sites for hydroxylation is 1. The first-order chi connectivity index (χ1) is 8.72. The molecule has 0 bridgehead atoms. The van der Waals surface area contributed by atoms with Crippen LogP contribution in [0.25, 0.3) is 0 Å². The number of nitrogens with zero attached hydrogens (tertiary/aromatic N) is 1. The molecule has 0 unspecified atom stereocenters. The molecule has 3 nitrogen and oxygen atoms in total. The summed E-state index contributed by atoms with van der Waals surface area (Å²) in [5.41, 5.74) is 2.04. The molecule has 18 heavy (non-hydrogen) atoms. The monoisotopic (exact) mass is 241 g/mol. The molecule has 2 rings (SSSR count). The van der Waals surface area contributed by atoms with Gasteiger partial charge in [0.25, 0.3) is 0 Å². The van der Waals surface area contributed by atoms with Crippen LogP contribution in [-0.2, 0) is 0 Å². The number of para-hydroxylation sites is 1. The summed E-state index contributed by atoms with van der Waals surface area (Å²) >= 11 is 0. The van der Waals surface area contributed by atoms with Crippen LogP contribution in [0.5, 0.6) is 5.75 Å². The molecule has 0 radical (unpaired) electrons. The van der Waals surface area contributed by atoms with Crippen molar-refractivity contribution in [2.75, 3.05) is 6.61 Å². The highest BCUT2D eigenvalue weighted by Crippen LogP contribution is 2.21. The molecule has 0 spiro atoms. The minimum atomic E-state index is -0.0634. The second kappa shape index (κ2) is 5.45. The number of carbonyl (C=O) groups is 1. The van der Waals surface area contributed by atoms with Crippen molar-refractivity contribution < 1.29 is 9.53 Å². The lowest BCUT2D eigenvalue weighted by Crippen LogP contribution is -2.05. The first-order valence-corrected chi connectivity index (χ1v) is 5.91. The number of ether oxygens (including phenoxy) is 1. The van der Waals surface area contributed by atoms with E-state index in [4.69, 9.17) is 4.74 Å². The second-order valence-electron chi connectivity index (χ2n) is 3.95. The average molecular weight is 241 g/mol. The zero-order chi connectivity index (χ0) is 13.0. The molecule has 0 fully saturated rings. The smallest absolute Gasteiger partial charge is 0.198 e. The summed E-state index contributed by atoms with van der Waals surface area (Å²) in [7, 11) is 0. The Morgan fingerprint density at radius 3 is 2.67 bits per heavy atom. The van der Waals surface area contributed by atoms with E-state index in [1.165, 1.54) is 0 Å². The first-order valence-electron chi connectivity index (χ1n) is 5.91. The third-order valence-electron chi connectivity index (χ3n) is 2.61. The Morgan fingerprint density at radius 2 is 2.00 bits per heavy atom. The fourth-order valence-electron chi connectivity index (χ4n) is 1.69. The van der Waals surface area contributed by atoms with E-state index in [0.29, 0.717) is 23.5 Å². The van der Waals surface area contributed by atoms with Gasteiger partial charge in [0.05, 0.1) is 12.2 Å². The highest BCUT2D eigenvalue weighted by atomic mass is 16.5. The lowest BCUT2D eigenvalue weighted by atomic mass is 10.0. The van der Waals surface area contributed by atoms with E-state index >= 15 is 0 Å². The minimum absolute atomic E-state index is 0.0634. The van der Waals surface area contributed by atoms with Gasteiger partial charge in [0.15, 0.2) is 5.78 Å². The molecule has 0 atom stereocenters. The van der Waals surface area contributed by atoms with Crippen LogP contribution in [0.4, 0.5) is 0 Å². The van der Waals surface area contributed by atoms with Crippen LogP contribution < -0.4 is 4.74 Å². The van der Waals surface area contributed by atoms with E-state index < -0.39 is 0 Å². The fraction of sp³-hybridized carbons (Fsp3) is 0.200. The van der Waals surface area contributed by atoms with Gasteiger partial charge >= 0.3 is 0 Å². The number of hydrogen-bond acceptors (Lipinski definition) is 3. The molecule has 1 aromatic heterocycles. The largest absolute Gasteiger partial charge is 0.493 e. The molecule has 0 aliphatic heterocycles. The number of pyridine rings is 1. The maximum Gasteiger partial charge on any atom is 0.198 e. The van der Waals surface area contributed by atoms with Gasteiger partial charge in [0, 0.05) is 17.5 Å². The Morgan fingerprint density at radius 1 is 1.22 bits per heavy atom. The highest BCUT2D eigenvalue weighted by molar-refractivity contribution is 6.10. The van der Waals surface area contributed by atoms with Crippen LogP contribution in [-0.4, -0.2) is 17.4 Å². The van der Waals surface area contributed by atoms with Gasteiger partial charge in [-0.1, -0.05) is 12.1 Å². The number of aromatic nitrogens is 1. The van der Waals surface area contributed by atoms with Crippen molar-refractivity contribution in [3.05, 3.63) is 59.4 Å². The van der Waals surface area contributed by atoms with Crippen LogP contribution in [0.1, 0.15) is 28.5 Å². The van der Waals surface area contributed by atoms with Crippen LogP contribution in [0.15, 0.2) is 42.6 Å². The average Bonchev–Trinajstić information content (AvgIpc) is 2.40. The molecule has 92 valence electrons. The lowest BCUT2D eigenvalue weighted by molar-refractivity contribution is 0.103. The number of benzene rings is 1. The molecule has 0 saturated carbocycles. The maximum atomic E-state index is 12.3. The molecule has 3 heteroatoms. The molecular formula is C15H15NO2. The number of rotatable bonds is 4. The lowest BCUT2D eigenvalue weighted by Gasteiger charge is -2.08. The molecular weight excluding hydrogens is 226 g/mol. The van der Waals surface area contributed by atoms with Gasteiger partial charge < -0.3 is 4.74 Å².